The van der Waals surface area contributed by atoms with E-state index < -0.39 is 10.8 Å². The van der Waals surface area contributed by atoms with Gasteiger partial charge in [0.25, 0.3) is 0 Å². The second-order valence-corrected chi connectivity index (χ2v) is 6.15. The van der Waals surface area contributed by atoms with Crippen LogP contribution in [0.15, 0.2) is 18.2 Å². The Balaban J connectivity index is 2.27. The average Bonchev–Trinajstić information content (AvgIpc) is 2.46. The predicted octanol–water partition coefficient (Wildman–Crippen LogP) is 2.09. The number of aryl methyl sites for hydroxylation is 2. The lowest BCUT2D eigenvalue weighted by molar-refractivity contribution is 0.584. The molecule has 2 rings (SSSR count). The molecule has 2 nitrogen and oxygen atoms in total. The Kier molecular flexibility index (Phi) is 3.77. The van der Waals surface area contributed by atoms with E-state index in [2.05, 4.69) is 37.4 Å². The summed E-state index contributed by atoms with van der Waals surface area (Å²) in [6.45, 7) is 5.21. The lowest BCUT2D eigenvalue weighted by atomic mass is 10.00. The van der Waals surface area contributed by atoms with Crippen LogP contribution in [0.4, 0.5) is 0 Å². The molecule has 1 aromatic rings. The highest BCUT2D eigenvalue weighted by molar-refractivity contribution is 7.85. The first-order chi connectivity index (χ1) is 7.66. The molecular weight excluding hydrogens is 218 g/mol. The van der Waals surface area contributed by atoms with Gasteiger partial charge < -0.3 is 5.32 Å². The molecule has 0 radical (unpaired) electrons. The monoisotopic (exact) mass is 237 g/mol. The Hall–Kier alpha value is -0.670. The van der Waals surface area contributed by atoms with Gasteiger partial charge in [-0.05, 0) is 37.9 Å². The largest absolute Gasteiger partial charge is 0.309 e. The lowest BCUT2D eigenvalue weighted by Gasteiger charge is -2.18. The van der Waals surface area contributed by atoms with Crippen molar-refractivity contribution in [3.63, 3.8) is 0 Å². The fraction of sp³-hybridized carbons (Fsp3) is 0.538. The average molecular weight is 237 g/mol. The molecule has 1 saturated heterocycles. The molecule has 16 heavy (non-hydrogen) atoms. The van der Waals surface area contributed by atoms with Gasteiger partial charge in [0, 0.05) is 28.3 Å². The quantitative estimate of drug-likeness (QED) is 0.810. The van der Waals surface area contributed by atoms with Gasteiger partial charge >= 0.3 is 0 Å². The van der Waals surface area contributed by atoms with Crippen LogP contribution in [-0.4, -0.2) is 22.3 Å². The molecule has 0 bridgehead atoms. The summed E-state index contributed by atoms with van der Waals surface area (Å²) in [5.74, 6) is 1.60. The van der Waals surface area contributed by atoms with Crippen LogP contribution in [0, 0.1) is 13.8 Å². The highest BCUT2D eigenvalue weighted by Crippen LogP contribution is 2.21. The molecule has 0 amide bonds. The maximum atomic E-state index is 11.7. The summed E-state index contributed by atoms with van der Waals surface area (Å²) in [5.41, 5.74) is 3.88. The van der Waals surface area contributed by atoms with Crippen LogP contribution in [0.25, 0.3) is 0 Å². The summed E-state index contributed by atoms with van der Waals surface area (Å²) < 4.78 is 11.7. The molecule has 2 unspecified atom stereocenters. The van der Waals surface area contributed by atoms with Crippen molar-refractivity contribution in [1.82, 2.24) is 5.32 Å². The molecule has 88 valence electrons. The Labute approximate surface area is 99.9 Å². The van der Waals surface area contributed by atoms with Crippen molar-refractivity contribution < 1.29 is 4.21 Å². The minimum absolute atomic E-state index is 0.267. The van der Waals surface area contributed by atoms with Crippen molar-refractivity contribution in [1.29, 1.82) is 0 Å². The van der Waals surface area contributed by atoms with Gasteiger partial charge in [-0.3, -0.25) is 4.21 Å². The first-order valence-corrected chi connectivity index (χ1v) is 7.31. The second-order valence-electron chi connectivity index (χ2n) is 4.53. The van der Waals surface area contributed by atoms with Gasteiger partial charge in [-0.25, -0.2) is 0 Å². The van der Waals surface area contributed by atoms with E-state index in [0.717, 1.165) is 24.5 Å². The number of hydrogen-bond acceptors (Lipinski definition) is 2. The van der Waals surface area contributed by atoms with E-state index in [0.29, 0.717) is 0 Å². The topological polar surface area (TPSA) is 29.1 Å². The molecular formula is C13H19NOS. The van der Waals surface area contributed by atoms with Crippen molar-refractivity contribution in [2.45, 2.75) is 26.3 Å². The van der Waals surface area contributed by atoms with Gasteiger partial charge in [0.15, 0.2) is 0 Å². The molecule has 1 N–H and O–H groups in total. The summed E-state index contributed by atoms with van der Waals surface area (Å²) >= 11 is 0. The summed E-state index contributed by atoms with van der Waals surface area (Å²) in [6.07, 6.45) is 1.02. The number of benzene rings is 1. The predicted molar refractivity (Wildman–Crippen MR) is 69.2 cm³/mol. The van der Waals surface area contributed by atoms with Crippen LogP contribution in [0.1, 0.15) is 29.2 Å². The van der Waals surface area contributed by atoms with Crippen LogP contribution < -0.4 is 5.32 Å². The smallest absolute Gasteiger partial charge is 0.0439 e. The second kappa shape index (κ2) is 5.11. The molecule has 0 aromatic heterocycles. The molecule has 0 spiro atoms. The zero-order valence-corrected chi connectivity index (χ0v) is 10.8. The van der Waals surface area contributed by atoms with Crippen LogP contribution >= 0.6 is 0 Å². The van der Waals surface area contributed by atoms with E-state index >= 15 is 0 Å². The molecule has 2 atom stereocenters. The van der Waals surface area contributed by atoms with Crippen molar-refractivity contribution in [3.8, 4) is 0 Å². The Morgan fingerprint density at radius 1 is 1.38 bits per heavy atom. The maximum absolute atomic E-state index is 11.7. The highest BCUT2D eigenvalue weighted by atomic mass is 32.2. The first-order valence-electron chi connectivity index (χ1n) is 5.82. The van der Waals surface area contributed by atoms with Gasteiger partial charge in [0.05, 0.1) is 0 Å². The molecule has 1 aromatic carbocycles. The standard InChI is InChI=1S/C13H19NOS/c1-10-4-5-11(2)12(8-10)13-9-16(15)7-3-6-14-13/h4-5,8,13-14H,3,6-7,9H2,1-2H3. The van der Waals surface area contributed by atoms with E-state index in [1.54, 1.807) is 0 Å². The number of nitrogens with one attached hydrogen (secondary N) is 1. The van der Waals surface area contributed by atoms with Crippen molar-refractivity contribution in [3.05, 3.63) is 34.9 Å². The van der Waals surface area contributed by atoms with Gasteiger partial charge in [-0.2, -0.15) is 0 Å². The zero-order chi connectivity index (χ0) is 11.5. The molecule has 0 aliphatic carbocycles. The minimum Gasteiger partial charge on any atom is -0.309 e. The minimum atomic E-state index is -0.666. The molecule has 1 fully saturated rings. The normalized spacial score (nSPS) is 26.4. The first kappa shape index (κ1) is 11.8. The van der Waals surface area contributed by atoms with E-state index in [1.807, 2.05) is 0 Å². The van der Waals surface area contributed by atoms with Gasteiger partial charge in [0.2, 0.25) is 0 Å². The zero-order valence-electron chi connectivity index (χ0n) is 9.95. The van der Waals surface area contributed by atoms with Gasteiger partial charge in [-0.1, -0.05) is 23.8 Å². The Bertz CT molecular complexity index is 403. The third-order valence-corrected chi connectivity index (χ3v) is 4.55. The molecule has 3 heteroatoms. The van der Waals surface area contributed by atoms with Crippen molar-refractivity contribution in [2.24, 2.45) is 0 Å². The van der Waals surface area contributed by atoms with Crippen molar-refractivity contribution in [2.75, 3.05) is 18.1 Å². The van der Waals surface area contributed by atoms with Crippen LogP contribution in [0.2, 0.25) is 0 Å². The molecule has 1 aliphatic heterocycles. The molecule has 1 aliphatic rings. The Morgan fingerprint density at radius 2 is 2.19 bits per heavy atom. The SMILES string of the molecule is Cc1ccc(C)c(C2CS(=O)CCCN2)c1. The summed E-state index contributed by atoms with van der Waals surface area (Å²) in [4.78, 5) is 0. The van der Waals surface area contributed by atoms with E-state index in [-0.39, 0.29) is 6.04 Å². The number of rotatable bonds is 1. The van der Waals surface area contributed by atoms with Crippen LogP contribution in [0.5, 0.6) is 0 Å². The van der Waals surface area contributed by atoms with Gasteiger partial charge in [-0.15, -0.1) is 0 Å². The fourth-order valence-corrected chi connectivity index (χ4v) is 3.47. The van der Waals surface area contributed by atoms with Crippen LogP contribution in [0.3, 0.4) is 0 Å². The summed E-state index contributed by atoms with van der Waals surface area (Å²) in [6, 6.07) is 6.77. The lowest BCUT2D eigenvalue weighted by Crippen LogP contribution is -2.24. The maximum Gasteiger partial charge on any atom is 0.0439 e. The Morgan fingerprint density at radius 3 is 3.00 bits per heavy atom. The summed E-state index contributed by atoms with van der Waals surface area (Å²) in [7, 11) is -0.666. The van der Waals surface area contributed by atoms with E-state index in [1.165, 1.54) is 16.7 Å². The highest BCUT2D eigenvalue weighted by Gasteiger charge is 2.19. The fourth-order valence-electron chi connectivity index (χ4n) is 2.17. The van der Waals surface area contributed by atoms with Crippen LogP contribution in [-0.2, 0) is 10.8 Å². The van der Waals surface area contributed by atoms with Gasteiger partial charge in [0.1, 0.15) is 0 Å². The van der Waals surface area contributed by atoms with E-state index in [4.69, 9.17) is 0 Å². The van der Waals surface area contributed by atoms with Crippen molar-refractivity contribution >= 4 is 10.8 Å². The summed E-state index contributed by atoms with van der Waals surface area (Å²) in [5, 5.41) is 3.50. The molecule has 1 heterocycles. The number of hydrogen-bond donors (Lipinski definition) is 1. The molecule has 0 saturated carbocycles. The third kappa shape index (κ3) is 2.71. The van der Waals surface area contributed by atoms with E-state index in [9.17, 15) is 4.21 Å². The third-order valence-electron chi connectivity index (χ3n) is 3.10.